The molecule has 2 aliphatic rings. The fraction of sp³-hybridized carbons (Fsp3) is 0.0545. The van der Waals surface area contributed by atoms with Gasteiger partial charge in [-0.1, -0.05) is 141 Å². The highest BCUT2D eigenvalue weighted by Gasteiger charge is 2.38. The molecule has 2 heterocycles. The maximum Gasteiger partial charge on any atom is 0.137 e. The minimum absolute atomic E-state index is 0.146. The van der Waals surface area contributed by atoms with E-state index in [4.69, 9.17) is 9.15 Å². The minimum atomic E-state index is -0.146. The van der Waals surface area contributed by atoms with Crippen molar-refractivity contribution in [3.05, 3.63) is 199 Å². The largest absolute Gasteiger partial charge is 0.456 e. The Morgan fingerprint density at radius 1 is 0.414 bits per heavy atom. The lowest BCUT2D eigenvalue weighted by Crippen LogP contribution is -2.16. The number of hydrogen-bond donors (Lipinski definition) is 0. The molecule has 9 aromatic carbocycles. The molecule has 0 saturated carbocycles. The number of benzene rings is 9. The van der Waals surface area contributed by atoms with E-state index >= 15 is 0 Å². The van der Waals surface area contributed by atoms with E-state index in [1.807, 2.05) is 0 Å². The number of furan rings is 1. The van der Waals surface area contributed by atoms with Crippen LogP contribution in [-0.2, 0) is 5.41 Å². The smallest absolute Gasteiger partial charge is 0.137 e. The Kier molecular flexibility index (Phi) is 6.98. The first-order chi connectivity index (χ1) is 28.5. The summed E-state index contributed by atoms with van der Waals surface area (Å²) in [5.74, 6) is 1.71. The lowest BCUT2D eigenvalue weighted by atomic mass is 9.82. The van der Waals surface area contributed by atoms with E-state index < -0.39 is 0 Å². The van der Waals surface area contributed by atoms with Gasteiger partial charge in [0.15, 0.2) is 0 Å². The van der Waals surface area contributed by atoms with Crippen LogP contribution in [0.3, 0.4) is 0 Å². The van der Waals surface area contributed by atoms with Gasteiger partial charge in [-0.05, 0) is 98.4 Å². The average molecular weight is 744 g/mol. The minimum Gasteiger partial charge on any atom is -0.456 e. The van der Waals surface area contributed by atoms with Gasteiger partial charge >= 0.3 is 0 Å². The van der Waals surface area contributed by atoms with Crippen molar-refractivity contribution in [2.45, 2.75) is 19.3 Å². The van der Waals surface area contributed by atoms with E-state index in [0.717, 1.165) is 61.4 Å². The van der Waals surface area contributed by atoms with Gasteiger partial charge in [-0.3, -0.25) is 0 Å². The summed E-state index contributed by atoms with van der Waals surface area (Å²) in [6.07, 6.45) is 0. The Balaban J connectivity index is 1.05. The van der Waals surface area contributed by atoms with Crippen LogP contribution in [0.15, 0.2) is 192 Å². The Bertz CT molecular complexity index is 3280. The molecule has 3 heteroatoms. The second kappa shape index (κ2) is 12.3. The molecule has 0 unspecified atom stereocenters. The molecule has 0 bridgehead atoms. The molecule has 274 valence electrons. The summed E-state index contributed by atoms with van der Waals surface area (Å²) in [4.78, 5) is 2.39. The summed E-state index contributed by atoms with van der Waals surface area (Å²) < 4.78 is 13.5. The van der Waals surface area contributed by atoms with Crippen molar-refractivity contribution < 1.29 is 9.15 Å². The number of ether oxygens (including phenoxy) is 1. The van der Waals surface area contributed by atoms with Crippen LogP contribution in [0.4, 0.5) is 17.1 Å². The third-order valence-corrected chi connectivity index (χ3v) is 12.5. The van der Waals surface area contributed by atoms with Crippen LogP contribution < -0.4 is 9.64 Å². The number of hydrogen-bond acceptors (Lipinski definition) is 3. The van der Waals surface area contributed by atoms with Crippen LogP contribution in [0.2, 0.25) is 0 Å². The first-order valence-electron chi connectivity index (χ1n) is 20.0. The molecule has 1 aliphatic carbocycles. The van der Waals surface area contributed by atoms with Gasteiger partial charge in [0.2, 0.25) is 0 Å². The highest BCUT2D eigenvalue weighted by molar-refractivity contribution is 6.11. The zero-order valence-electron chi connectivity index (χ0n) is 32.2. The third kappa shape index (κ3) is 4.80. The van der Waals surface area contributed by atoms with Gasteiger partial charge in [-0.25, -0.2) is 0 Å². The molecule has 0 N–H and O–H groups in total. The molecule has 1 aliphatic heterocycles. The quantitative estimate of drug-likeness (QED) is 0.176. The molecule has 0 radical (unpaired) electrons. The summed E-state index contributed by atoms with van der Waals surface area (Å²) in [6.45, 7) is 4.67. The van der Waals surface area contributed by atoms with Gasteiger partial charge in [-0.2, -0.15) is 0 Å². The number of nitrogens with zero attached hydrogens (tertiary/aromatic N) is 1. The lowest BCUT2D eigenvalue weighted by Gasteiger charge is -2.30. The van der Waals surface area contributed by atoms with Crippen molar-refractivity contribution in [3.63, 3.8) is 0 Å². The van der Waals surface area contributed by atoms with E-state index in [-0.39, 0.29) is 5.41 Å². The van der Waals surface area contributed by atoms with E-state index in [1.165, 1.54) is 55.5 Å². The van der Waals surface area contributed by atoms with Crippen LogP contribution >= 0.6 is 0 Å². The first kappa shape index (κ1) is 32.8. The summed E-state index contributed by atoms with van der Waals surface area (Å²) in [5, 5.41) is 4.53. The maximum absolute atomic E-state index is 6.90. The Labute approximate surface area is 337 Å². The normalized spacial score (nSPS) is 13.3. The summed E-state index contributed by atoms with van der Waals surface area (Å²) >= 11 is 0. The van der Waals surface area contributed by atoms with Gasteiger partial charge in [-0.15, -0.1) is 0 Å². The number of fused-ring (bicyclic) bond motifs is 8. The fourth-order valence-electron chi connectivity index (χ4n) is 9.69. The van der Waals surface area contributed by atoms with Gasteiger partial charge < -0.3 is 14.1 Å². The first-order valence-corrected chi connectivity index (χ1v) is 20.0. The van der Waals surface area contributed by atoms with Crippen LogP contribution in [0.5, 0.6) is 11.5 Å². The highest BCUT2D eigenvalue weighted by atomic mass is 16.5. The topological polar surface area (TPSA) is 25.6 Å². The van der Waals surface area contributed by atoms with Crippen LogP contribution in [-0.4, -0.2) is 0 Å². The Hall–Kier alpha value is -7.36. The zero-order chi connectivity index (χ0) is 38.5. The molecule has 0 spiro atoms. The van der Waals surface area contributed by atoms with Crippen molar-refractivity contribution in [1.82, 2.24) is 0 Å². The number of rotatable bonds is 5. The predicted octanol–water partition coefficient (Wildman–Crippen LogP) is 15.6. The van der Waals surface area contributed by atoms with E-state index in [1.54, 1.807) is 0 Å². The molecule has 0 saturated heterocycles. The monoisotopic (exact) mass is 743 g/mol. The Morgan fingerprint density at radius 3 is 1.98 bits per heavy atom. The molecule has 1 aromatic heterocycles. The van der Waals surface area contributed by atoms with Gasteiger partial charge in [0.1, 0.15) is 22.7 Å². The molecule has 0 amide bonds. The van der Waals surface area contributed by atoms with Crippen molar-refractivity contribution >= 4 is 49.8 Å². The summed E-state index contributed by atoms with van der Waals surface area (Å²) in [6, 6.07) is 67.5. The van der Waals surface area contributed by atoms with Crippen LogP contribution in [0.25, 0.3) is 77.2 Å². The van der Waals surface area contributed by atoms with Gasteiger partial charge in [0.05, 0.1) is 5.69 Å². The van der Waals surface area contributed by atoms with Crippen molar-refractivity contribution in [2.24, 2.45) is 0 Å². The number of anilines is 3. The molecule has 3 nitrogen and oxygen atoms in total. The van der Waals surface area contributed by atoms with Crippen molar-refractivity contribution in [3.8, 4) is 56.0 Å². The fourth-order valence-corrected chi connectivity index (χ4v) is 9.69. The van der Waals surface area contributed by atoms with Crippen LogP contribution in [0, 0.1) is 0 Å². The SMILES string of the molecule is CC1(C)c2ccccc2-c2c(N(c3ccc4c(c3)Oc3ccc(-c5ccccc5)c5cccc-4c35)c3ccc4c(c3)oc3ccc(-c5ccccc5)cc34)cccc21. The summed E-state index contributed by atoms with van der Waals surface area (Å²) in [5.41, 5.74) is 16.9. The molecule has 12 rings (SSSR count). The van der Waals surface area contributed by atoms with Crippen molar-refractivity contribution in [1.29, 1.82) is 0 Å². The van der Waals surface area contributed by atoms with E-state index in [9.17, 15) is 0 Å². The second-order valence-corrected chi connectivity index (χ2v) is 16.1. The highest BCUT2D eigenvalue weighted by Crippen LogP contribution is 2.56. The Morgan fingerprint density at radius 2 is 1.12 bits per heavy atom. The molecule has 10 aromatic rings. The second-order valence-electron chi connectivity index (χ2n) is 16.1. The van der Waals surface area contributed by atoms with E-state index in [2.05, 4.69) is 207 Å². The zero-order valence-corrected chi connectivity index (χ0v) is 32.2. The third-order valence-electron chi connectivity index (χ3n) is 12.5. The van der Waals surface area contributed by atoms with Gasteiger partial charge in [0.25, 0.3) is 0 Å². The maximum atomic E-state index is 6.90. The van der Waals surface area contributed by atoms with Gasteiger partial charge in [0, 0.05) is 56.2 Å². The molecule has 0 fully saturated rings. The summed E-state index contributed by atoms with van der Waals surface area (Å²) in [7, 11) is 0. The molecular weight excluding hydrogens is 707 g/mol. The van der Waals surface area contributed by atoms with E-state index in [0.29, 0.717) is 0 Å². The molecule has 58 heavy (non-hydrogen) atoms. The molecular formula is C55H37NO2. The predicted molar refractivity (Wildman–Crippen MR) is 240 cm³/mol. The average Bonchev–Trinajstić information content (AvgIpc) is 3.75. The molecule has 0 atom stereocenters. The van der Waals surface area contributed by atoms with Crippen molar-refractivity contribution in [2.75, 3.05) is 4.90 Å². The van der Waals surface area contributed by atoms with Crippen LogP contribution in [0.1, 0.15) is 25.0 Å². The standard InChI is InChI=1S/C55H37NO2/c1-55(2)46-20-10-9-17-44(46)54-47(55)21-12-22-48(54)56(38-25-27-41-45-31-36(34-13-5-3-6-14-34)23-29-49(45)57-52(41)33-38)37-24-26-40-43-19-11-18-42-39(35-15-7-4-8-16-35)28-30-50(53(42)43)58-51(40)32-37/h3-33H,1-2H3. The lowest BCUT2D eigenvalue weighted by molar-refractivity contribution is 0.487.